The Bertz CT molecular complexity index is 353. The second-order valence-corrected chi connectivity index (χ2v) is 8.64. The third-order valence-electron chi connectivity index (χ3n) is 3.47. The lowest BCUT2D eigenvalue weighted by molar-refractivity contribution is -0.0999. The number of rotatable bonds is 5. The first-order valence-corrected chi connectivity index (χ1v) is 8.02. The van der Waals surface area contributed by atoms with Gasteiger partial charge in [-0.15, -0.1) is 0 Å². The molecule has 0 aliphatic carbocycles. The Hall–Kier alpha value is -0.170. The summed E-state index contributed by atoms with van der Waals surface area (Å²) in [7, 11) is -3.13. The van der Waals surface area contributed by atoms with E-state index in [-0.39, 0.29) is 12.4 Å². The van der Waals surface area contributed by atoms with Gasteiger partial charge >= 0.3 is 0 Å². The zero-order valence-corrected chi connectivity index (χ0v) is 12.4. The standard InChI is InChI=1S/C12H25NO4S/c1-11(2,3)18(14,15)9-8-17-12(10-13)4-6-16-7-5-12/h4-10,13H2,1-3H3. The maximum absolute atomic E-state index is 12.0. The monoisotopic (exact) mass is 279 g/mol. The summed E-state index contributed by atoms with van der Waals surface area (Å²) in [6, 6.07) is 0. The molecule has 0 spiro atoms. The van der Waals surface area contributed by atoms with Gasteiger partial charge in [0.15, 0.2) is 9.84 Å². The van der Waals surface area contributed by atoms with E-state index in [0.717, 1.165) is 12.8 Å². The molecule has 18 heavy (non-hydrogen) atoms. The van der Waals surface area contributed by atoms with Gasteiger partial charge in [-0.2, -0.15) is 0 Å². The first-order valence-electron chi connectivity index (χ1n) is 6.37. The van der Waals surface area contributed by atoms with Crippen molar-refractivity contribution in [3.05, 3.63) is 0 Å². The summed E-state index contributed by atoms with van der Waals surface area (Å²) in [5.74, 6) is 0.0408. The minimum absolute atomic E-state index is 0.0408. The number of sulfone groups is 1. The van der Waals surface area contributed by atoms with Crippen LogP contribution in [-0.2, 0) is 19.3 Å². The molecule has 0 saturated carbocycles. The van der Waals surface area contributed by atoms with Crippen LogP contribution in [0.15, 0.2) is 0 Å². The maximum Gasteiger partial charge on any atom is 0.157 e. The van der Waals surface area contributed by atoms with Crippen LogP contribution in [0.3, 0.4) is 0 Å². The molecule has 5 nitrogen and oxygen atoms in total. The summed E-state index contributed by atoms with van der Waals surface area (Å²) in [6.07, 6.45) is 1.47. The molecule has 0 aromatic rings. The van der Waals surface area contributed by atoms with Crippen molar-refractivity contribution in [2.24, 2.45) is 5.73 Å². The summed E-state index contributed by atoms with van der Waals surface area (Å²) >= 11 is 0. The molecule has 0 atom stereocenters. The van der Waals surface area contributed by atoms with Gasteiger partial charge < -0.3 is 15.2 Å². The van der Waals surface area contributed by atoms with Crippen LogP contribution < -0.4 is 5.73 Å². The van der Waals surface area contributed by atoms with Crippen molar-refractivity contribution >= 4 is 9.84 Å². The lowest BCUT2D eigenvalue weighted by atomic mass is 9.94. The highest BCUT2D eigenvalue weighted by Crippen LogP contribution is 2.24. The van der Waals surface area contributed by atoms with Gasteiger partial charge in [0.2, 0.25) is 0 Å². The maximum atomic E-state index is 12.0. The molecule has 0 aromatic carbocycles. The average Bonchev–Trinajstić information content (AvgIpc) is 2.28. The average molecular weight is 279 g/mol. The lowest BCUT2D eigenvalue weighted by Gasteiger charge is -2.36. The van der Waals surface area contributed by atoms with Crippen molar-refractivity contribution < 1.29 is 17.9 Å². The largest absolute Gasteiger partial charge is 0.381 e. The second-order valence-electron chi connectivity index (χ2n) is 5.78. The van der Waals surface area contributed by atoms with Crippen molar-refractivity contribution in [2.45, 2.75) is 44.0 Å². The van der Waals surface area contributed by atoms with Gasteiger partial charge in [0.25, 0.3) is 0 Å². The summed E-state index contributed by atoms with van der Waals surface area (Å²) in [4.78, 5) is 0. The first-order chi connectivity index (χ1) is 8.22. The van der Waals surface area contributed by atoms with Crippen molar-refractivity contribution in [3.8, 4) is 0 Å². The molecular formula is C12H25NO4S. The Balaban J connectivity index is 2.50. The smallest absolute Gasteiger partial charge is 0.157 e. The molecule has 2 N–H and O–H groups in total. The van der Waals surface area contributed by atoms with E-state index >= 15 is 0 Å². The third kappa shape index (κ3) is 3.91. The summed E-state index contributed by atoms with van der Waals surface area (Å²) < 4.78 is 34.2. The zero-order valence-electron chi connectivity index (χ0n) is 11.6. The molecule has 0 bridgehead atoms. The van der Waals surface area contributed by atoms with E-state index in [1.54, 1.807) is 20.8 Å². The number of nitrogens with two attached hydrogens (primary N) is 1. The Morgan fingerprint density at radius 1 is 1.28 bits per heavy atom. The molecule has 1 aliphatic rings. The van der Waals surface area contributed by atoms with Gasteiger partial charge in [-0.05, 0) is 20.8 Å². The Morgan fingerprint density at radius 3 is 2.28 bits per heavy atom. The van der Waals surface area contributed by atoms with E-state index in [1.165, 1.54) is 0 Å². The fourth-order valence-corrected chi connectivity index (χ4v) is 2.74. The predicted octanol–water partition coefficient (Wildman–Crippen LogP) is 0.724. The Kier molecular flexibility index (Phi) is 5.17. The molecular weight excluding hydrogens is 254 g/mol. The van der Waals surface area contributed by atoms with Gasteiger partial charge in [-0.3, -0.25) is 0 Å². The molecule has 1 heterocycles. The molecule has 6 heteroatoms. The Labute approximate surface area is 110 Å². The minimum atomic E-state index is -3.13. The van der Waals surface area contributed by atoms with E-state index < -0.39 is 20.2 Å². The van der Waals surface area contributed by atoms with Crippen LogP contribution in [0.5, 0.6) is 0 Å². The summed E-state index contributed by atoms with van der Waals surface area (Å²) in [6.45, 7) is 6.98. The normalized spacial score (nSPS) is 20.9. The van der Waals surface area contributed by atoms with Gasteiger partial charge in [0.1, 0.15) is 0 Å². The van der Waals surface area contributed by atoms with Crippen LogP contribution in [0.2, 0.25) is 0 Å². The second kappa shape index (κ2) is 5.86. The van der Waals surface area contributed by atoms with Crippen LogP contribution in [0, 0.1) is 0 Å². The van der Waals surface area contributed by atoms with Gasteiger partial charge in [-0.1, -0.05) is 0 Å². The zero-order chi connectivity index (χ0) is 13.9. The number of hydrogen-bond donors (Lipinski definition) is 1. The molecule has 1 aliphatic heterocycles. The van der Waals surface area contributed by atoms with Gasteiger partial charge in [-0.25, -0.2) is 8.42 Å². The number of ether oxygens (including phenoxy) is 2. The third-order valence-corrected chi connectivity index (χ3v) is 6.04. The fourth-order valence-electron chi connectivity index (χ4n) is 1.82. The van der Waals surface area contributed by atoms with Crippen molar-refractivity contribution in [2.75, 3.05) is 32.1 Å². The molecule has 1 rings (SSSR count). The summed E-state index contributed by atoms with van der Waals surface area (Å²) in [5.41, 5.74) is 5.35. The fraction of sp³-hybridized carbons (Fsp3) is 1.00. The molecule has 1 saturated heterocycles. The van der Waals surface area contributed by atoms with E-state index in [9.17, 15) is 8.42 Å². The molecule has 0 unspecified atom stereocenters. The van der Waals surface area contributed by atoms with E-state index in [0.29, 0.717) is 19.8 Å². The van der Waals surface area contributed by atoms with Gasteiger partial charge in [0, 0.05) is 32.6 Å². The Morgan fingerprint density at radius 2 is 1.83 bits per heavy atom. The highest BCUT2D eigenvalue weighted by molar-refractivity contribution is 7.92. The quantitative estimate of drug-likeness (QED) is 0.802. The minimum Gasteiger partial charge on any atom is -0.381 e. The van der Waals surface area contributed by atoms with Crippen molar-refractivity contribution in [1.29, 1.82) is 0 Å². The highest BCUT2D eigenvalue weighted by Gasteiger charge is 2.34. The van der Waals surface area contributed by atoms with Crippen LogP contribution in [-0.4, -0.2) is 50.9 Å². The predicted molar refractivity (Wildman–Crippen MR) is 71.3 cm³/mol. The van der Waals surface area contributed by atoms with E-state index in [2.05, 4.69) is 0 Å². The SMILES string of the molecule is CC(C)(C)S(=O)(=O)CCOC1(CN)CCOCC1. The molecule has 0 aromatic heterocycles. The molecule has 108 valence electrons. The van der Waals surface area contributed by atoms with Crippen molar-refractivity contribution in [1.82, 2.24) is 0 Å². The van der Waals surface area contributed by atoms with E-state index in [1.807, 2.05) is 0 Å². The number of hydrogen-bond acceptors (Lipinski definition) is 5. The molecule has 0 amide bonds. The lowest BCUT2D eigenvalue weighted by Crippen LogP contribution is -2.46. The summed E-state index contributed by atoms with van der Waals surface area (Å²) in [5, 5.41) is 0. The molecule has 1 fully saturated rings. The van der Waals surface area contributed by atoms with Crippen LogP contribution >= 0.6 is 0 Å². The van der Waals surface area contributed by atoms with Crippen LogP contribution in [0.4, 0.5) is 0 Å². The van der Waals surface area contributed by atoms with Crippen LogP contribution in [0.25, 0.3) is 0 Å². The van der Waals surface area contributed by atoms with Crippen molar-refractivity contribution in [3.63, 3.8) is 0 Å². The van der Waals surface area contributed by atoms with Gasteiger partial charge in [0.05, 0.1) is 22.7 Å². The molecule has 0 radical (unpaired) electrons. The highest BCUT2D eigenvalue weighted by atomic mass is 32.2. The van der Waals surface area contributed by atoms with Crippen LogP contribution in [0.1, 0.15) is 33.6 Å². The van der Waals surface area contributed by atoms with E-state index in [4.69, 9.17) is 15.2 Å². The first kappa shape index (κ1) is 15.9. The topological polar surface area (TPSA) is 78.6 Å².